The van der Waals surface area contributed by atoms with Crippen molar-refractivity contribution < 1.29 is 33.3 Å². The topological polar surface area (TPSA) is 120 Å². The van der Waals surface area contributed by atoms with Crippen LogP contribution in [-0.2, 0) is 31.0 Å². The van der Waals surface area contributed by atoms with Crippen molar-refractivity contribution in [1.29, 1.82) is 0 Å². The summed E-state index contributed by atoms with van der Waals surface area (Å²) in [5.41, 5.74) is 1.41. The van der Waals surface area contributed by atoms with E-state index in [4.69, 9.17) is 18.9 Å². The first-order valence-electron chi connectivity index (χ1n) is 17.9. The van der Waals surface area contributed by atoms with Gasteiger partial charge in [-0.15, -0.1) is 0 Å². The van der Waals surface area contributed by atoms with Gasteiger partial charge in [-0.1, -0.05) is 42.5 Å². The van der Waals surface area contributed by atoms with E-state index in [2.05, 4.69) is 22.4 Å². The summed E-state index contributed by atoms with van der Waals surface area (Å²) in [6.07, 6.45) is 2.25. The quantitative estimate of drug-likeness (QED) is 0.205. The molecule has 1 saturated heterocycles. The van der Waals surface area contributed by atoms with Gasteiger partial charge in [-0.3, -0.25) is 9.59 Å². The summed E-state index contributed by atoms with van der Waals surface area (Å²) in [4.78, 5) is 49.6. The molecule has 2 aliphatic rings. The fourth-order valence-electron chi connectivity index (χ4n) is 7.17. The van der Waals surface area contributed by atoms with Crippen molar-refractivity contribution in [1.82, 2.24) is 20.1 Å². The molecule has 1 unspecified atom stereocenters. The lowest BCUT2D eigenvalue weighted by Crippen LogP contribution is -2.54. The Labute approximate surface area is 301 Å². The number of para-hydroxylation sites is 2. The Morgan fingerprint density at radius 3 is 2.24 bits per heavy atom. The number of unbranched alkanes of at least 4 members (excludes halogenated alkanes) is 1. The summed E-state index contributed by atoms with van der Waals surface area (Å²) in [7, 11) is 3.25. The van der Waals surface area contributed by atoms with Gasteiger partial charge in [0.05, 0.1) is 31.2 Å². The van der Waals surface area contributed by atoms with E-state index in [1.807, 2.05) is 55.5 Å². The van der Waals surface area contributed by atoms with Crippen molar-refractivity contribution in [3.63, 3.8) is 0 Å². The highest BCUT2D eigenvalue weighted by atomic mass is 16.6. The number of aromatic nitrogens is 1. The van der Waals surface area contributed by atoms with Crippen LogP contribution in [-0.4, -0.2) is 85.3 Å². The fourth-order valence-corrected chi connectivity index (χ4v) is 7.17. The number of amides is 3. The molecule has 2 atom stereocenters. The van der Waals surface area contributed by atoms with Gasteiger partial charge in [0.1, 0.15) is 17.1 Å². The molecule has 11 nitrogen and oxygen atoms in total. The van der Waals surface area contributed by atoms with Crippen molar-refractivity contribution in [2.75, 3.05) is 47.0 Å². The number of fused-ring (bicyclic) bond motifs is 2. The van der Waals surface area contributed by atoms with Crippen LogP contribution in [0.15, 0.2) is 66.7 Å². The van der Waals surface area contributed by atoms with Crippen LogP contribution in [0, 0.1) is 11.8 Å². The molecular formula is C40H52N4O7. The number of methoxy groups -OCH3 is 2. The Bertz CT molecular complexity index is 1630. The summed E-state index contributed by atoms with van der Waals surface area (Å²) in [5, 5.41) is 3.30. The van der Waals surface area contributed by atoms with E-state index in [-0.39, 0.29) is 31.4 Å². The zero-order valence-corrected chi connectivity index (χ0v) is 30.8. The average molecular weight is 701 g/mol. The number of nitrogens with one attached hydrogen (secondary N) is 1. The van der Waals surface area contributed by atoms with Crippen molar-refractivity contribution in [3.8, 4) is 17.4 Å². The van der Waals surface area contributed by atoms with Crippen LogP contribution in [0.25, 0.3) is 0 Å². The minimum absolute atomic E-state index is 0.143. The van der Waals surface area contributed by atoms with Gasteiger partial charge >= 0.3 is 6.09 Å². The van der Waals surface area contributed by atoms with Gasteiger partial charge in [-0.2, -0.15) is 0 Å². The molecule has 3 aromatic rings. The maximum atomic E-state index is 14.3. The Balaban J connectivity index is 1.41. The van der Waals surface area contributed by atoms with Crippen molar-refractivity contribution in [2.45, 2.75) is 70.9 Å². The molecule has 11 heteroatoms. The number of likely N-dealkylation sites (tertiary alicyclic amines) is 1. The van der Waals surface area contributed by atoms with Crippen molar-refractivity contribution >= 4 is 17.9 Å². The molecule has 3 amide bonds. The van der Waals surface area contributed by atoms with Gasteiger partial charge in [-0.25, -0.2) is 9.78 Å². The summed E-state index contributed by atoms with van der Waals surface area (Å²) >= 11 is 0. The minimum atomic E-state index is -0.738. The van der Waals surface area contributed by atoms with Gasteiger partial charge in [0.25, 0.3) is 0 Å². The number of ether oxygens (including phenoxy) is 4. The molecule has 51 heavy (non-hydrogen) atoms. The van der Waals surface area contributed by atoms with E-state index in [9.17, 15) is 14.4 Å². The van der Waals surface area contributed by atoms with Crippen LogP contribution in [0.5, 0.6) is 17.4 Å². The van der Waals surface area contributed by atoms with Gasteiger partial charge in [-0.05, 0) is 71.6 Å². The highest BCUT2D eigenvalue weighted by molar-refractivity contribution is 5.84. The molecule has 1 aromatic heterocycles. The first kappa shape index (κ1) is 37.6. The highest BCUT2D eigenvalue weighted by Crippen LogP contribution is 2.50. The Morgan fingerprint density at radius 1 is 0.941 bits per heavy atom. The van der Waals surface area contributed by atoms with Crippen LogP contribution in [0.4, 0.5) is 4.79 Å². The van der Waals surface area contributed by atoms with E-state index in [1.54, 1.807) is 46.0 Å². The molecule has 0 radical (unpaired) electrons. The second-order valence-corrected chi connectivity index (χ2v) is 14.4. The molecule has 3 heterocycles. The maximum Gasteiger partial charge on any atom is 0.410 e. The zero-order valence-electron chi connectivity index (χ0n) is 30.8. The van der Waals surface area contributed by atoms with Crippen LogP contribution in [0.1, 0.15) is 70.2 Å². The highest BCUT2D eigenvalue weighted by Gasteiger charge is 2.44. The van der Waals surface area contributed by atoms with Crippen LogP contribution < -0.4 is 14.8 Å². The lowest BCUT2D eigenvalue weighted by atomic mass is 9.69. The van der Waals surface area contributed by atoms with E-state index in [0.29, 0.717) is 37.7 Å². The van der Waals surface area contributed by atoms with Crippen molar-refractivity contribution in [2.24, 2.45) is 11.8 Å². The predicted molar refractivity (Wildman–Crippen MR) is 194 cm³/mol. The smallest absolute Gasteiger partial charge is 0.410 e. The number of carbonyl (C=O) groups is 3. The first-order valence-corrected chi connectivity index (χ1v) is 17.9. The van der Waals surface area contributed by atoms with Crippen LogP contribution in [0.2, 0.25) is 0 Å². The van der Waals surface area contributed by atoms with E-state index >= 15 is 0 Å². The third-order valence-corrected chi connectivity index (χ3v) is 9.65. The molecule has 0 saturated carbocycles. The molecular weight excluding hydrogens is 648 g/mol. The lowest BCUT2D eigenvalue weighted by molar-refractivity contribution is -0.140. The molecule has 1 fully saturated rings. The van der Waals surface area contributed by atoms with E-state index < -0.39 is 28.9 Å². The second kappa shape index (κ2) is 16.6. The van der Waals surface area contributed by atoms with Gasteiger partial charge in [0.15, 0.2) is 0 Å². The minimum Gasteiger partial charge on any atom is -0.481 e. The van der Waals surface area contributed by atoms with Crippen LogP contribution in [0.3, 0.4) is 0 Å². The normalized spacial score (nSPS) is 17.7. The Hall–Kier alpha value is -4.64. The number of pyridine rings is 1. The number of hydrogen-bond donors (Lipinski definition) is 1. The molecule has 2 aromatic carbocycles. The number of nitrogens with zero attached hydrogens (tertiary/aromatic N) is 3. The predicted octanol–water partition coefficient (Wildman–Crippen LogP) is 6.34. The molecule has 0 aliphatic carbocycles. The Morgan fingerprint density at radius 2 is 1.61 bits per heavy atom. The maximum absolute atomic E-state index is 14.3. The third kappa shape index (κ3) is 9.00. The summed E-state index contributed by atoms with van der Waals surface area (Å²) in [6.45, 7) is 9.29. The standard InChI is InChI=1S/C40H52N4O7/c1-7-43(26-30-15-14-20-35(42-30)49-6)37(46)29-23-28(24-44(25-29)38(47)51-39(2,3)4)36(45)41-27-40(21-12-13-22-48-5)31-16-8-10-18-33(31)50-34-19-11-9-17-32(34)40/h8-11,14-20,28-29H,7,12-13,21-27H2,1-6H3,(H,41,45)/t28?,29-/m1/s1. The first-order chi connectivity index (χ1) is 24.5. The number of rotatable bonds is 13. The van der Waals surface area contributed by atoms with Crippen LogP contribution >= 0.6 is 0 Å². The van der Waals surface area contributed by atoms with Crippen molar-refractivity contribution in [3.05, 3.63) is 83.6 Å². The monoisotopic (exact) mass is 700 g/mol. The SMILES string of the molecule is CCN(Cc1cccc(OC)n1)C(=O)[C@@H]1CC(C(=O)NCC2(CCCCOC)c3ccccc3Oc3ccccc32)CN(C(=O)OC(C)(C)C)C1. The number of benzene rings is 2. The molecule has 5 rings (SSSR count). The molecule has 2 aliphatic heterocycles. The fraction of sp³-hybridized carbons (Fsp3) is 0.500. The Kier molecular flexibility index (Phi) is 12.2. The summed E-state index contributed by atoms with van der Waals surface area (Å²) < 4.78 is 22.7. The molecule has 0 bridgehead atoms. The second-order valence-electron chi connectivity index (χ2n) is 14.4. The molecule has 0 spiro atoms. The molecule has 274 valence electrons. The van der Waals surface area contributed by atoms with E-state index in [1.165, 1.54) is 4.90 Å². The van der Waals surface area contributed by atoms with Gasteiger partial charge in [0.2, 0.25) is 17.7 Å². The summed E-state index contributed by atoms with van der Waals surface area (Å²) in [5.74, 6) is 0.396. The van der Waals surface area contributed by atoms with Gasteiger partial charge < -0.3 is 34.1 Å². The third-order valence-electron chi connectivity index (χ3n) is 9.65. The summed E-state index contributed by atoms with van der Waals surface area (Å²) in [6, 6.07) is 21.4. The molecule has 1 N–H and O–H groups in total. The average Bonchev–Trinajstić information content (AvgIpc) is 3.13. The largest absolute Gasteiger partial charge is 0.481 e. The number of piperidine rings is 1. The van der Waals surface area contributed by atoms with Gasteiger partial charge in [0, 0.05) is 62.5 Å². The lowest BCUT2D eigenvalue weighted by Gasteiger charge is -2.42. The number of hydrogen-bond acceptors (Lipinski definition) is 8. The zero-order chi connectivity index (χ0) is 36.6. The van der Waals surface area contributed by atoms with E-state index in [0.717, 1.165) is 41.9 Å². The number of carbonyl (C=O) groups excluding carboxylic acids is 3.